The zero-order chi connectivity index (χ0) is 12.8. The van der Waals surface area contributed by atoms with Gasteiger partial charge in [0, 0.05) is 6.54 Å². The molecule has 0 bridgehead atoms. The lowest BCUT2D eigenvalue weighted by Crippen LogP contribution is -2.29. The van der Waals surface area contributed by atoms with Crippen LogP contribution < -0.4 is 0 Å². The normalized spacial score (nSPS) is 16.1. The van der Waals surface area contributed by atoms with Crippen molar-refractivity contribution in [1.82, 2.24) is 4.90 Å². The molecule has 1 aromatic rings. The summed E-state index contributed by atoms with van der Waals surface area (Å²) in [4.78, 5) is 2.39. The monoisotopic (exact) mass is 247 g/mol. The van der Waals surface area contributed by atoms with E-state index in [-0.39, 0.29) is 12.4 Å². The average Bonchev–Trinajstić information content (AvgIpc) is 2.40. The molecule has 0 unspecified atom stereocenters. The molecule has 0 saturated carbocycles. The minimum absolute atomic E-state index is 0.240. The van der Waals surface area contributed by atoms with E-state index in [0.29, 0.717) is 5.56 Å². The van der Waals surface area contributed by atoms with Crippen LogP contribution in [0.1, 0.15) is 30.4 Å². The molecule has 0 spiro atoms. The molecule has 1 saturated heterocycles. The summed E-state index contributed by atoms with van der Waals surface area (Å²) in [6, 6.07) is 5.06. The summed E-state index contributed by atoms with van der Waals surface area (Å²) in [6.07, 6.45) is 3.81. The van der Waals surface area contributed by atoms with Crippen LogP contribution >= 0.6 is 0 Å². The van der Waals surface area contributed by atoms with Crippen LogP contribution in [0.5, 0.6) is 0 Å². The van der Waals surface area contributed by atoms with E-state index in [1.165, 1.54) is 25.3 Å². The molecule has 0 radical (unpaired) electrons. The Morgan fingerprint density at radius 3 is 2.72 bits per heavy atom. The number of benzene rings is 1. The van der Waals surface area contributed by atoms with E-state index in [1.54, 1.807) is 6.07 Å². The van der Waals surface area contributed by atoms with Gasteiger partial charge in [0.1, 0.15) is 12.4 Å². The Kier molecular flexibility index (Phi) is 4.74. The number of hydrogen-bond donors (Lipinski definition) is 1. The number of aliphatic hydroxyl groups is 1. The third kappa shape index (κ3) is 3.56. The number of nitrogens with zero attached hydrogens (tertiary/aromatic N) is 1. The first-order valence-corrected chi connectivity index (χ1v) is 6.40. The molecule has 1 fully saturated rings. The number of hydrogen-bond acceptors (Lipinski definition) is 2. The van der Waals surface area contributed by atoms with Crippen molar-refractivity contribution in [3.63, 3.8) is 0 Å². The van der Waals surface area contributed by atoms with Crippen LogP contribution in [0.3, 0.4) is 0 Å². The molecule has 1 aliphatic rings. The Morgan fingerprint density at radius 1 is 1.22 bits per heavy atom. The highest BCUT2D eigenvalue weighted by molar-refractivity contribution is 5.38. The lowest BCUT2D eigenvalue weighted by molar-refractivity contribution is 0.221. The van der Waals surface area contributed by atoms with Crippen molar-refractivity contribution in [2.45, 2.75) is 25.8 Å². The van der Waals surface area contributed by atoms with Crippen molar-refractivity contribution in [1.29, 1.82) is 0 Å². The summed E-state index contributed by atoms with van der Waals surface area (Å²) in [6.45, 7) is 2.86. The van der Waals surface area contributed by atoms with Gasteiger partial charge in [0.05, 0.1) is 5.56 Å². The third-order valence-electron chi connectivity index (χ3n) is 3.19. The first-order chi connectivity index (χ1) is 8.79. The molecule has 2 rings (SSSR count). The molecule has 0 amide bonds. The fourth-order valence-corrected chi connectivity index (χ4v) is 2.28. The number of piperidine rings is 1. The van der Waals surface area contributed by atoms with Crippen LogP contribution in [-0.4, -0.2) is 29.7 Å². The van der Waals surface area contributed by atoms with Gasteiger partial charge in [-0.15, -0.1) is 0 Å². The van der Waals surface area contributed by atoms with Crippen LogP contribution in [0.4, 0.5) is 4.39 Å². The van der Waals surface area contributed by atoms with Crippen LogP contribution in [0.25, 0.3) is 0 Å². The Labute approximate surface area is 107 Å². The zero-order valence-electron chi connectivity index (χ0n) is 10.5. The van der Waals surface area contributed by atoms with Gasteiger partial charge >= 0.3 is 0 Å². The lowest BCUT2D eigenvalue weighted by Gasteiger charge is -2.26. The van der Waals surface area contributed by atoms with Gasteiger partial charge < -0.3 is 5.11 Å². The van der Waals surface area contributed by atoms with Crippen LogP contribution in [0.2, 0.25) is 0 Å². The summed E-state index contributed by atoms with van der Waals surface area (Å²) in [5, 5.41) is 8.64. The van der Waals surface area contributed by atoms with Crippen molar-refractivity contribution in [3.8, 4) is 11.8 Å². The van der Waals surface area contributed by atoms with Gasteiger partial charge in [0.15, 0.2) is 0 Å². The van der Waals surface area contributed by atoms with Gasteiger partial charge in [0.2, 0.25) is 0 Å². The molecule has 0 aromatic heterocycles. The summed E-state index contributed by atoms with van der Waals surface area (Å²) in [5.41, 5.74) is 1.46. The maximum atomic E-state index is 13.5. The van der Waals surface area contributed by atoms with Gasteiger partial charge in [0.25, 0.3) is 0 Å². The van der Waals surface area contributed by atoms with Gasteiger partial charge in [-0.2, -0.15) is 0 Å². The molecule has 96 valence electrons. The van der Waals surface area contributed by atoms with Crippen molar-refractivity contribution in [3.05, 3.63) is 35.1 Å². The fraction of sp³-hybridized carbons (Fsp3) is 0.467. The molecule has 1 N–H and O–H groups in total. The highest BCUT2D eigenvalue weighted by Crippen LogP contribution is 2.15. The number of likely N-dealkylation sites (tertiary alicyclic amines) is 1. The topological polar surface area (TPSA) is 23.5 Å². The quantitative estimate of drug-likeness (QED) is 0.810. The zero-order valence-corrected chi connectivity index (χ0v) is 10.5. The van der Waals surface area contributed by atoms with Crippen LogP contribution in [-0.2, 0) is 6.54 Å². The summed E-state index contributed by atoms with van der Waals surface area (Å²) >= 11 is 0. The average molecular weight is 247 g/mol. The van der Waals surface area contributed by atoms with E-state index in [4.69, 9.17) is 5.11 Å². The SMILES string of the molecule is OCC#Cc1cc(CN2CCCCC2)ccc1F. The predicted molar refractivity (Wildman–Crippen MR) is 69.5 cm³/mol. The first-order valence-electron chi connectivity index (χ1n) is 6.40. The van der Waals surface area contributed by atoms with E-state index in [2.05, 4.69) is 16.7 Å². The second-order valence-corrected chi connectivity index (χ2v) is 4.61. The second kappa shape index (κ2) is 6.53. The van der Waals surface area contributed by atoms with Crippen molar-refractivity contribution >= 4 is 0 Å². The Balaban J connectivity index is 2.08. The second-order valence-electron chi connectivity index (χ2n) is 4.61. The van der Waals surface area contributed by atoms with E-state index < -0.39 is 0 Å². The standard InChI is InChI=1S/C15H18FNO/c16-15-7-6-13(11-14(15)5-4-10-18)12-17-8-2-1-3-9-17/h6-7,11,18H,1-3,8-10,12H2. The summed E-state index contributed by atoms with van der Waals surface area (Å²) in [5.74, 6) is 4.81. The number of rotatable bonds is 2. The Bertz CT molecular complexity index is 455. The minimum atomic E-state index is -0.321. The molecule has 2 nitrogen and oxygen atoms in total. The van der Waals surface area contributed by atoms with Gasteiger partial charge in [-0.25, -0.2) is 4.39 Å². The predicted octanol–water partition coefficient (Wildman–Crippen LogP) is 2.16. The lowest BCUT2D eigenvalue weighted by atomic mass is 10.1. The summed E-state index contributed by atoms with van der Waals surface area (Å²) in [7, 11) is 0. The van der Waals surface area contributed by atoms with E-state index >= 15 is 0 Å². The molecule has 1 aliphatic heterocycles. The Morgan fingerprint density at radius 2 is 2.00 bits per heavy atom. The largest absolute Gasteiger partial charge is 0.384 e. The molecular weight excluding hydrogens is 229 g/mol. The Hall–Kier alpha value is -1.37. The number of halogens is 1. The van der Waals surface area contributed by atoms with Crippen molar-refractivity contribution in [2.24, 2.45) is 0 Å². The molecule has 18 heavy (non-hydrogen) atoms. The van der Waals surface area contributed by atoms with Crippen molar-refractivity contribution < 1.29 is 9.50 Å². The van der Waals surface area contributed by atoms with Gasteiger partial charge in [-0.05, 0) is 43.6 Å². The highest BCUT2D eigenvalue weighted by atomic mass is 19.1. The van der Waals surface area contributed by atoms with E-state index in [1.807, 2.05) is 6.07 Å². The highest BCUT2D eigenvalue weighted by Gasteiger charge is 2.11. The maximum Gasteiger partial charge on any atom is 0.138 e. The fourth-order valence-electron chi connectivity index (χ4n) is 2.28. The van der Waals surface area contributed by atoms with E-state index in [9.17, 15) is 4.39 Å². The molecular formula is C15H18FNO. The third-order valence-corrected chi connectivity index (χ3v) is 3.19. The molecule has 0 atom stereocenters. The molecule has 1 heterocycles. The van der Waals surface area contributed by atoms with Gasteiger partial charge in [-0.3, -0.25) is 4.90 Å². The first kappa shape index (κ1) is 13.1. The minimum Gasteiger partial charge on any atom is -0.384 e. The summed E-state index contributed by atoms with van der Waals surface area (Å²) < 4.78 is 13.5. The van der Waals surface area contributed by atoms with Crippen molar-refractivity contribution in [2.75, 3.05) is 19.7 Å². The molecule has 0 aliphatic carbocycles. The number of aliphatic hydroxyl groups excluding tert-OH is 1. The van der Waals surface area contributed by atoms with Crippen LogP contribution in [0.15, 0.2) is 18.2 Å². The van der Waals surface area contributed by atoms with Gasteiger partial charge in [-0.1, -0.05) is 24.3 Å². The molecule has 3 heteroatoms. The van der Waals surface area contributed by atoms with Crippen LogP contribution in [0, 0.1) is 17.7 Å². The maximum absolute atomic E-state index is 13.5. The van der Waals surface area contributed by atoms with E-state index in [0.717, 1.165) is 25.2 Å². The molecule has 1 aromatic carbocycles. The smallest absolute Gasteiger partial charge is 0.138 e.